The Balaban J connectivity index is 5.50. The Kier molecular flexibility index (Phi) is 72.6. The molecule has 0 amide bonds. The maximum Gasteiger partial charge on any atom is 0.472 e. The van der Waals surface area contributed by atoms with Crippen LogP contribution in [0.15, 0.2) is 194 Å². The third kappa shape index (κ3) is 76.1. The largest absolute Gasteiger partial charge is 0.472 e. The SMILES string of the molecule is CC/C=C\C/C=C\C/C=C\C/C=C\C/C=C\CC(=O)OCC(COP(=O)(O)OCC(O)COP(=O)(O)OCC(COC(=O)CCCCCCCC/C=C\C/C=C\C/C=C\C/C=C\CC)OC(=O)CCCCCC/C=C\C/C=C\C/C=C\C/C=C\CC)OC(=O)CCCCCCC/C=C\C/C=C\C/C=C\CC. The molecule has 0 aromatic heterocycles. The van der Waals surface area contributed by atoms with Crippen LogP contribution in [0.3, 0.4) is 0 Å². The van der Waals surface area contributed by atoms with Crippen LogP contribution in [0.25, 0.3) is 0 Å². The Hall–Kier alpha value is -6.10. The van der Waals surface area contributed by atoms with E-state index < -0.39 is 97.5 Å². The van der Waals surface area contributed by atoms with Crippen molar-refractivity contribution in [3.05, 3.63) is 194 Å². The summed E-state index contributed by atoms with van der Waals surface area (Å²) in [5.41, 5.74) is 0. The van der Waals surface area contributed by atoms with E-state index in [1.165, 1.54) is 0 Å². The highest BCUT2D eigenvalue weighted by atomic mass is 31.2. The number of allylic oxidation sites excluding steroid dienone is 31. The predicted molar refractivity (Wildman–Crippen MR) is 436 cm³/mol. The molecule has 0 aliphatic carbocycles. The van der Waals surface area contributed by atoms with Crippen LogP contribution in [0, 0.1) is 0 Å². The fourth-order valence-corrected chi connectivity index (χ4v) is 11.3. The number of aliphatic hydroxyl groups excluding tert-OH is 1. The lowest BCUT2D eigenvalue weighted by Crippen LogP contribution is -2.30. The number of hydrogen-bond donors (Lipinski definition) is 3. The van der Waals surface area contributed by atoms with Gasteiger partial charge in [0.1, 0.15) is 19.3 Å². The number of phosphoric acid groups is 2. The summed E-state index contributed by atoms with van der Waals surface area (Å²) in [5.74, 6) is -2.40. The third-order valence-electron chi connectivity index (χ3n) is 15.6. The van der Waals surface area contributed by atoms with Crippen molar-refractivity contribution in [3.8, 4) is 0 Å². The first-order valence-corrected chi connectivity index (χ1v) is 42.7. The molecule has 0 bridgehead atoms. The van der Waals surface area contributed by atoms with Crippen LogP contribution in [0.4, 0.5) is 0 Å². The number of ether oxygens (including phenoxy) is 4. The molecular weight excluding hydrogens is 1380 g/mol. The van der Waals surface area contributed by atoms with Crippen LogP contribution < -0.4 is 0 Å². The number of esters is 4. The number of phosphoric ester groups is 2. The molecule has 17 nitrogen and oxygen atoms in total. The van der Waals surface area contributed by atoms with Crippen LogP contribution in [0.5, 0.6) is 0 Å². The molecule has 0 aromatic rings. The smallest absolute Gasteiger partial charge is 0.462 e. The second-order valence-electron chi connectivity index (χ2n) is 25.5. The number of rotatable bonds is 72. The quantitative estimate of drug-likeness (QED) is 0.0169. The first kappa shape index (κ1) is 99.9. The Labute approximate surface area is 640 Å². The first-order valence-electron chi connectivity index (χ1n) is 39.7. The van der Waals surface area contributed by atoms with E-state index >= 15 is 0 Å². The van der Waals surface area contributed by atoms with Gasteiger partial charge in [-0.15, -0.1) is 0 Å². The minimum atomic E-state index is -5.01. The molecule has 0 fully saturated rings. The van der Waals surface area contributed by atoms with Crippen molar-refractivity contribution < 1.29 is 80.2 Å². The van der Waals surface area contributed by atoms with Gasteiger partial charge in [-0.05, 0) is 161 Å². The van der Waals surface area contributed by atoms with Crippen molar-refractivity contribution in [2.75, 3.05) is 39.6 Å². The Morgan fingerprint density at radius 3 is 0.792 bits per heavy atom. The minimum absolute atomic E-state index is 0.0478. The molecule has 0 heterocycles. The lowest BCUT2D eigenvalue weighted by molar-refractivity contribution is -0.161. The van der Waals surface area contributed by atoms with Crippen molar-refractivity contribution in [1.82, 2.24) is 0 Å². The number of aliphatic hydroxyl groups is 1. The lowest BCUT2D eigenvalue weighted by Gasteiger charge is -2.21. The van der Waals surface area contributed by atoms with Gasteiger partial charge in [0.15, 0.2) is 12.2 Å². The van der Waals surface area contributed by atoms with Crippen molar-refractivity contribution in [3.63, 3.8) is 0 Å². The topological polar surface area (TPSA) is 237 Å². The zero-order valence-electron chi connectivity index (χ0n) is 65.3. The van der Waals surface area contributed by atoms with Crippen molar-refractivity contribution in [2.24, 2.45) is 0 Å². The van der Waals surface area contributed by atoms with Gasteiger partial charge in [-0.1, -0.05) is 280 Å². The van der Waals surface area contributed by atoms with Gasteiger partial charge in [0.05, 0.1) is 32.8 Å². The van der Waals surface area contributed by atoms with Crippen LogP contribution >= 0.6 is 15.6 Å². The van der Waals surface area contributed by atoms with Crippen molar-refractivity contribution in [1.29, 1.82) is 0 Å². The van der Waals surface area contributed by atoms with Gasteiger partial charge in [-0.25, -0.2) is 9.13 Å². The van der Waals surface area contributed by atoms with E-state index in [-0.39, 0.29) is 25.7 Å². The maximum atomic E-state index is 13.1. The monoisotopic (exact) mass is 1520 g/mol. The van der Waals surface area contributed by atoms with Crippen LogP contribution in [0.2, 0.25) is 0 Å². The summed E-state index contributed by atoms with van der Waals surface area (Å²) in [6, 6.07) is 0. The Bertz CT molecular complexity index is 2780. The molecule has 0 radical (unpaired) electrons. The average molecular weight is 1520 g/mol. The second kappa shape index (κ2) is 77.1. The molecule has 0 aliphatic rings. The number of unbranched alkanes of at least 4 members (excludes halogenated alkanes) is 15. The third-order valence-corrected chi connectivity index (χ3v) is 17.5. The minimum Gasteiger partial charge on any atom is -0.462 e. The number of carbonyl (C=O) groups excluding carboxylic acids is 4. The van der Waals surface area contributed by atoms with Crippen molar-refractivity contribution in [2.45, 2.75) is 290 Å². The van der Waals surface area contributed by atoms with E-state index in [9.17, 15) is 43.2 Å². The summed E-state index contributed by atoms with van der Waals surface area (Å²) in [4.78, 5) is 73.0. The number of hydrogen-bond acceptors (Lipinski definition) is 15. The molecule has 106 heavy (non-hydrogen) atoms. The summed E-state index contributed by atoms with van der Waals surface area (Å²) in [6.45, 7) is 4.21. The van der Waals surface area contributed by atoms with Gasteiger partial charge in [0, 0.05) is 19.3 Å². The van der Waals surface area contributed by atoms with Gasteiger partial charge < -0.3 is 33.8 Å². The van der Waals surface area contributed by atoms with E-state index in [0.29, 0.717) is 25.7 Å². The number of carbonyl (C=O) groups is 4. The molecular formula is C87H138O17P2. The fraction of sp³-hybridized carbons (Fsp3) is 0.586. The zero-order chi connectivity index (χ0) is 77.4. The highest BCUT2D eigenvalue weighted by Crippen LogP contribution is 2.45. The van der Waals surface area contributed by atoms with Crippen LogP contribution in [-0.2, 0) is 65.4 Å². The summed E-state index contributed by atoms with van der Waals surface area (Å²) in [6.07, 6.45) is 94.4. The molecule has 0 spiro atoms. The van der Waals surface area contributed by atoms with E-state index in [4.69, 9.17) is 37.0 Å². The highest BCUT2D eigenvalue weighted by molar-refractivity contribution is 7.47. The molecule has 0 aromatic carbocycles. The van der Waals surface area contributed by atoms with E-state index in [2.05, 4.69) is 198 Å². The van der Waals surface area contributed by atoms with E-state index in [1.807, 2.05) is 18.2 Å². The summed E-state index contributed by atoms with van der Waals surface area (Å²) >= 11 is 0. The van der Waals surface area contributed by atoms with Crippen LogP contribution in [0.1, 0.15) is 272 Å². The fourth-order valence-electron chi connectivity index (χ4n) is 9.70. The molecule has 0 saturated carbocycles. The molecule has 5 atom stereocenters. The molecule has 0 aliphatic heterocycles. The Morgan fingerprint density at radius 1 is 0.274 bits per heavy atom. The standard InChI is InChI=1S/C87H138O17P2/c1-5-9-13-17-21-25-29-33-37-39-40-42-45-48-52-56-60-64-68-72-85(90)98-78-83(104-87(92)74-70-66-62-58-54-50-46-41-38-34-30-26-22-18-14-10-6-2)80-102-106(95,96)100-76-81(88)75-99-105(93,94)101-79-82(103-86(91)73-69-65-61-57-53-49-44-36-32-28-24-20-16-12-8-4)77-97-84(89)71-67-63-59-55-51-47-43-35-31-27-23-19-15-11-7-3/h9-16,21-28,33-38,40,42-44,46,50-51,55,63,67,81-83,88H,5-8,17-20,29-32,39,41,45,47-49,52-54,56-62,64-66,68-80H2,1-4H3,(H,93,94)(H,95,96)/b13-9-,14-10-,15-11-,16-12-,25-21-,26-22-,27-23-,28-24-,37-33-,38-34-,42-40-,43-35-,44-36-,50-46-,55-51-,67-63-. The molecule has 5 unspecified atom stereocenters. The average Bonchev–Trinajstić information content (AvgIpc) is 0.899. The molecule has 598 valence electrons. The van der Waals surface area contributed by atoms with Gasteiger partial charge in [0.2, 0.25) is 0 Å². The van der Waals surface area contributed by atoms with E-state index in [1.54, 1.807) is 6.08 Å². The van der Waals surface area contributed by atoms with Crippen molar-refractivity contribution >= 4 is 39.5 Å². The lowest BCUT2D eigenvalue weighted by atomic mass is 10.1. The molecule has 0 saturated heterocycles. The molecule has 3 N–H and O–H groups in total. The van der Waals surface area contributed by atoms with Gasteiger partial charge >= 0.3 is 39.5 Å². The Morgan fingerprint density at radius 2 is 0.500 bits per heavy atom. The second-order valence-corrected chi connectivity index (χ2v) is 28.4. The van der Waals surface area contributed by atoms with Gasteiger partial charge in [-0.3, -0.25) is 37.3 Å². The van der Waals surface area contributed by atoms with E-state index in [0.717, 1.165) is 193 Å². The predicted octanol–water partition coefficient (Wildman–Crippen LogP) is 23.3. The molecule has 0 rings (SSSR count). The highest BCUT2D eigenvalue weighted by Gasteiger charge is 2.30. The normalized spacial score (nSPS) is 14.9. The first-order chi connectivity index (χ1) is 51.7. The van der Waals surface area contributed by atoms with Gasteiger partial charge in [-0.2, -0.15) is 0 Å². The van der Waals surface area contributed by atoms with Gasteiger partial charge in [0.25, 0.3) is 0 Å². The zero-order valence-corrected chi connectivity index (χ0v) is 67.1. The summed E-state index contributed by atoms with van der Waals surface area (Å²) in [7, 11) is -10.0. The summed E-state index contributed by atoms with van der Waals surface area (Å²) in [5, 5.41) is 10.6. The molecule has 19 heteroatoms. The maximum absolute atomic E-state index is 13.1. The summed E-state index contributed by atoms with van der Waals surface area (Å²) < 4.78 is 68.5. The van der Waals surface area contributed by atoms with Crippen LogP contribution in [-0.4, -0.2) is 96.7 Å².